The Balaban J connectivity index is 1.42. The smallest absolute Gasteiger partial charge is 0.237 e. The first-order chi connectivity index (χ1) is 14.5. The van der Waals surface area contributed by atoms with Crippen LogP contribution in [0.2, 0.25) is 0 Å². The molecular formula is C23H27FN4O2. The van der Waals surface area contributed by atoms with Crippen LogP contribution in [0.4, 0.5) is 4.39 Å². The molecule has 2 heterocycles. The molecule has 2 aromatic heterocycles. The van der Waals surface area contributed by atoms with Gasteiger partial charge in [-0.15, -0.1) is 0 Å². The lowest BCUT2D eigenvalue weighted by atomic mass is 9.95. The molecule has 1 atom stereocenters. The number of fused-ring (bicyclic) bond motifs is 1. The second-order valence-electron chi connectivity index (χ2n) is 8.03. The predicted molar refractivity (Wildman–Crippen MR) is 114 cm³/mol. The van der Waals surface area contributed by atoms with Crippen molar-refractivity contribution in [1.29, 1.82) is 0 Å². The molecule has 1 saturated carbocycles. The van der Waals surface area contributed by atoms with Crippen LogP contribution in [0.15, 0.2) is 36.7 Å². The van der Waals surface area contributed by atoms with Crippen LogP contribution in [0.1, 0.15) is 43.2 Å². The van der Waals surface area contributed by atoms with Gasteiger partial charge in [-0.25, -0.2) is 9.37 Å². The summed E-state index contributed by atoms with van der Waals surface area (Å²) in [6, 6.07) is 5.91. The minimum atomic E-state index is -0.708. The van der Waals surface area contributed by atoms with E-state index in [-0.39, 0.29) is 24.1 Å². The number of halogens is 1. The molecule has 1 aliphatic carbocycles. The first-order valence-electron chi connectivity index (χ1n) is 10.5. The van der Waals surface area contributed by atoms with Gasteiger partial charge in [0.2, 0.25) is 5.91 Å². The number of carbonyl (C=O) groups excluding carboxylic acids is 1. The number of rotatable bonds is 6. The van der Waals surface area contributed by atoms with Gasteiger partial charge in [-0.05, 0) is 55.5 Å². The number of benzene rings is 1. The molecule has 6 nitrogen and oxygen atoms in total. The minimum absolute atomic E-state index is 0.118. The monoisotopic (exact) mass is 410 g/mol. The summed E-state index contributed by atoms with van der Waals surface area (Å²) in [5.74, 6) is -0.0173. The molecule has 0 aliphatic heterocycles. The lowest BCUT2D eigenvalue weighted by molar-refractivity contribution is -0.123. The van der Waals surface area contributed by atoms with Crippen LogP contribution in [0, 0.1) is 12.7 Å². The Hall–Kier alpha value is -2.93. The van der Waals surface area contributed by atoms with E-state index in [1.807, 2.05) is 13.1 Å². The SMILES string of the molecule is Cc1c[nH]c2nccc(Oc3ccc(CC(N)C(=O)NC4CCCCC4)cc3F)c12. The zero-order valence-electron chi connectivity index (χ0n) is 17.1. The van der Waals surface area contributed by atoms with Crippen LogP contribution in [0.5, 0.6) is 11.5 Å². The minimum Gasteiger partial charge on any atom is -0.453 e. The van der Waals surface area contributed by atoms with Gasteiger partial charge in [0.25, 0.3) is 0 Å². The van der Waals surface area contributed by atoms with E-state index < -0.39 is 11.9 Å². The maximum Gasteiger partial charge on any atom is 0.237 e. The fourth-order valence-corrected chi connectivity index (χ4v) is 4.04. The first-order valence-corrected chi connectivity index (χ1v) is 10.5. The molecule has 3 aromatic rings. The topological polar surface area (TPSA) is 93.0 Å². The van der Waals surface area contributed by atoms with Crippen LogP contribution in [-0.4, -0.2) is 28.0 Å². The molecule has 0 radical (unpaired) electrons. The van der Waals surface area contributed by atoms with Crippen molar-refractivity contribution in [3.8, 4) is 11.5 Å². The number of pyridine rings is 1. The summed E-state index contributed by atoms with van der Waals surface area (Å²) in [6.07, 6.45) is 9.22. The standard InChI is InChI=1S/C23H27FN4O2/c1-14-13-27-22-21(14)20(9-10-26-22)30-19-8-7-15(11-17(19)24)12-18(25)23(29)28-16-5-3-2-4-6-16/h7-11,13,16,18H,2-6,12,25H2,1H3,(H,26,27)(H,28,29). The summed E-state index contributed by atoms with van der Waals surface area (Å²) in [7, 11) is 0. The highest BCUT2D eigenvalue weighted by atomic mass is 19.1. The Kier molecular flexibility index (Phi) is 5.99. The number of amides is 1. The maximum absolute atomic E-state index is 14.7. The molecule has 0 spiro atoms. The van der Waals surface area contributed by atoms with Gasteiger partial charge in [0.1, 0.15) is 11.4 Å². The number of nitrogens with two attached hydrogens (primary N) is 1. The quantitative estimate of drug-likeness (QED) is 0.570. The molecule has 1 amide bonds. The number of H-pyrrole nitrogens is 1. The maximum atomic E-state index is 14.7. The molecule has 158 valence electrons. The van der Waals surface area contributed by atoms with Crippen LogP contribution in [0.25, 0.3) is 11.0 Å². The van der Waals surface area contributed by atoms with Crippen molar-refractivity contribution in [2.45, 2.75) is 57.5 Å². The lowest BCUT2D eigenvalue weighted by Crippen LogP contribution is -2.46. The van der Waals surface area contributed by atoms with Crippen molar-refractivity contribution in [3.63, 3.8) is 0 Å². The van der Waals surface area contributed by atoms with Crippen LogP contribution < -0.4 is 15.8 Å². The number of ether oxygens (including phenoxy) is 1. The van der Waals surface area contributed by atoms with Crippen LogP contribution >= 0.6 is 0 Å². The zero-order valence-corrected chi connectivity index (χ0v) is 17.1. The normalized spacial score (nSPS) is 15.8. The van der Waals surface area contributed by atoms with E-state index in [9.17, 15) is 9.18 Å². The summed E-state index contributed by atoms with van der Waals surface area (Å²) < 4.78 is 20.5. The number of aryl methyl sites for hydroxylation is 1. The lowest BCUT2D eigenvalue weighted by Gasteiger charge is -2.24. The van der Waals surface area contributed by atoms with Crippen LogP contribution in [-0.2, 0) is 11.2 Å². The second-order valence-corrected chi connectivity index (χ2v) is 8.03. The second kappa shape index (κ2) is 8.83. The average molecular weight is 410 g/mol. The zero-order chi connectivity index (χ0) is 21.1. The number of hydrogen-bond donors (Lipinski definition) is 3. The van der Waals surface area contributed by atoms with Crippen molar-refractivity contribution in [3.05, 3.63) is 53.6 Å². The molecule has 0 bridgehead atoms. The largest absolute Gasteiger partial charge is 0.453 e. The number of nitrogens with one attached hydrogen (secondary N) is 2. The number of aromatic nitrogens is 2. The number of aromatic amines is 1. The highest BCUT2D eigenvalue weighted by molar-refractivity contribution is 5.86. The van der Waals surface area contributed by atoms with Gasteiger partial charge in [-0.1, -0.05) is 25.3 Å². The molecule has 1 fully saturated rings. The Bertz CT molecular complexity index is 1040. The number of carbonyl (C=O) groups is 1. The van der Waals surface area contributed by atoms with Gasteiger partial charge in [0, 0.05) is 18.4 Å². The summed E-state index contributed by atoms with van der Waals surface area (Å²) >= 11 is 0. The van der Waals surface area contributed by atoms with E-state index in [0.29, 0.717) is 17.0 Å². The fourth-order valence-electron chi connectivity index (χ4n) is 4.04. The molecule has 4 N–H and O–H groups in total. The van der Waals surface area contributed by atoms with Gasteiger partial charge < -0.3 is 20.8 Å². The molecule has 1 unspecified atom stereocenters. The highest BCUT2D eigenvalue weighted by Gasteiger charge is 2.21. The summed E-state index contributed by atoms with van der Waals surface area (Å²) in [6.45, 7) is 1.94. The molecule has 0 saturated heterocycles. The van der Waals surface area contributed by atoms with E-state index in [0.717, 1.165) is 36.6 Å². The molecular weight excluding hydrogens is 383 g/mol. The van der Waals surface area contributed by atoms with Gasteiger partial charge in [-0.3, -0.25) is 4.79 Å². The van der Waals surface area contributed by atoms with E-state index >= 15 is 0 Å². The number of nitrogens with zero attached hydrogens (tertiary/aromatic N) is 1. The van der Waals surface area contributed by atoms with Gasteiger partial charge >= 0.3 is 0 Å². The summed E-state index contributed by atoms with van der Waals surface area (Å²) in [5.41, 5.74) is 8.39. The molecule has 7 heteroatoms. The van der Waals surface area contributed by atoms with Crippen LogP contribution in [0.3, 0.4) is 0 Å². The molecule has 30 heavy (non-hydrogen) atoms. The third-order valence-electron chi connectivity index (χ3n) is 5.69. The average Bonchev–Trinajstić information content (AvgIpc) is 3.12. The van der Waals surface area contributed by atoms with E-state index in [1.165, 1.54) is 12.5 Å². The summed E-state index contributed by atoms with van der Waals surface area (Å²) in [5, 5.41) is 3.85. The van der Waals surface area contributed by atoms with Crippen molar-refractivity contribution in [2.75, 3.05) is 0 Å². The van der Waals surface area contributed by atoms with Gasteiger partial charge in [-0.2, -0.15) is 0 Å². The van der Waals surface area contributed by atoms with Crippen molar-refractivity contribution in [2.24, 2.45) is 5.73 Å². The third kappa shape index (κ3) is 4.46. The van der Waals surface area contributed by atoms with Crippen molar-refractivity contribution in [1.82, 2.24) is 15.3 Å². The van der Waals surface area contributed by atoms with Crippen molar-refractivity contribution < 1.29 is 13.9 Å². The highest BCUT2D eigenvalue weighted by Crippen LogP contribution is 2.32. The van der Waals surface area contributed by atoms with Gasteiger partial charge in [0.15, 0.2) is 11.6 Å². The molecule has 1 aliphatic rings. The summed E-state index contributed by atoms with van der Waals surface area (Å²) in [4.78, 5) is 19.7. The first kappa shape index (κ1) is 20.3. The van der Waals surface area contributed by atoms with E-state index in [2.05, 4.69) is 15.3 Å². The Morgan fingerprint density at radius 2 is 2.10 bits per heavy atom. The number of hydrogen-bond acceptors (Lipinski definition) is 4. The third-order valence-corrected chi connectivity index (χ3v) is 5.69. The van der Waals surface area contributed by atoms with Gasteiger partial charge in [0.05, 0.1) is 11.4 Å². The molecule has 4 rings (SSSR count). The van der Waals surface area contributed by atoms with E-state index in [4.69, 9.17) is 10.5 Å². The Morgan fingerprint density at radius 1 is 1.30 bits per heavy atom. The Morgan fingerprint density at radius 3 is 2.87 bits per heavy atom. The fraction of sp³-hybridized carbons (Fsp3) is 0.391. The van der Waals surface area contributed by atoms with Crippen molar-refractivity contribution >= 4 is 16.9 Å². The molecule has 1 aromatic carbocycles. The van der Waals surface area contributed by atoms with E-state index in [1.54, 1.807) is 24.4 Å². The Labute approximate surface area is 175 Å². The predicted octanol–water partition coefficient (Wildman–Crippen LogP) is 4.12.